The van der Waals surface area contributed by atoms with Crippen molar-refractivity contribution in [2.45, 2.75) is 37.5 Å². The monoisotopic (exact) mass is 280 g/mol. The smallest absolute Gasteiger partial charge is 0.267 e. The number of nitrogens with zero attached hydrogens (tertiary/aromatic N) is 1. The molecular formula is C13H20N4OS. The number of hydrogen-bond donors (Lipinski definition) is 3. The van der Waals surface area contributed by atoms with Gasteiger partial charge in [0.05, 0.1) is 5.69 Å². The van der Waals surface area contributed by atoms with Crippen molar-refractivity contribution in [2.24, 2.45) is 5.73 Å². The van der Waals surface area contributed by atoms with Gasteiger partial charge in [-0.05, 0) is 30.7 Å². The Bertz CT molecular complexity index is 466. The number of anilines is 2. The van der Waals surface area contributed by atoms with E-state index in [4.69, 9.17) is 11.5 Å². The molecule has 0 saturated heterocycles. The van der Waals surface area contributed by atoms with Gasteiger partial charge in [0.25, 0.3) is 5.91 Å². The van der Waals surface area contributed by atoms with Crippen LogP contribution in [0.25, 0.3) is 0 Å². The Morgan fingerprint density at radius 1 is 1.53 bits per heavy atom. The molecule has 0 aliphatic heterocycles. The lowest BCUT2D eigenvalue weighted by Gasteiger charge is -2.21. The van der Waals surface area contributed by atoms with E-state index >= 15 is 0 Å². The zero-order chi connectivity index (χ0) is 13.8. The number of nitrogen functional groups attached to an aromatic ring is 1. The van der Waals surface area contributed by atoms with Gasteiger partial charge in [0.15, 0.2) is 0 Å². The molecule has 0 aromatic carbocycles. The van der Waals surface area contributed by atoms with E-state index in [1.165, 1.54) is 12.8 Å². The molecule has 1 aromatic rings. The summed E-state index contributed by atoms with van der Waals surface area (Å²) in [7, 11) is 0. The summed E-state index contributed by atoms with van der Waals surface area (Å²) in [5.74, 6) is 1.14. The number of thioether (sulfide) groups is 1. The zero-order valence-electron chi connectivity index (χ0n) is 11.1. The minimum absolute atomic E-state index is 0.245. The highest BCUT2D eigenvalue weighted by Gasteiger charge is 2.27. The van der Waals surface area contributed by atoms with Gasteiger partial charge < -0.3 is 16.8 Å². The Hall–Kier alpha value is -1.43. The van der Waals surface area contributed by atoms with E-state index in [9.17, 15) is 4.79 Å². The predicted molar refractivity (Wildman–Crippen MR) is 80.3 cm³/mol. The third kappa shape index (κ3) is 3.32. The number of rotatable bonds is 5. The molecule has 0 radical (unpaired) electrons. The van der Waals surface area contributed by atoms with Crippen LogP contribution in [0.5, 0.6) is 0 Å². The van der Waals surface area contributed by atoms with E-state index in [1.54, 1.807) is 12.1 Å². The topological polar surface area (TPSA) is 94.0 Å². The van der Waals surface area contributed by atoms with Crippen LogP contribution in [0.1, 0.15) is 36.7 Å². The lowest BCUT2D eigenvalue weighted by molar-refractivity contribution is 0.0995. The van der Waals surface area contributed by atoms with E-state index in [-0.39, 0.29) is 5.69 Å². The number of nitrogens with one attached hydrogen (secondary N) is 1. The summed E-state index contributed by atoms with van der Waals surface area (Å²) in [4.78, 5) is 15.4. The fourth-order valence-corrected chi connectivity index (χ4v) is 3.60. The van der Waals surface area contributed by atoms with Crippen molar-refractivity contribution in [1.82, 2.24) is 4.98 Å². The Kier molecular flexibility index (Phi) is 4.52. The van der Waals surface area contributed by atoms with Crippen molar-refractivity contribution < 1.29 is 4.79 Å². The number of amides is 1. The van der Waals surface area contributed by atoms with Crippen molar-refractivity contribution in [1.29, 1.82) is 0 Å². The first-order valence-electron chi connectivity index (χ1n) is 6.56. The van der Waals surface area contributed by atoms with Crippen LogP contribution in [-0.4, -0.2) is 27.9 Å². The molecule has 1 fully saturated rings. The van der Waals surface area contributed by atoms with Crippen LogP contribution in [0, 0.1) is 0 Å². The summed E-state index contributed by atoms with van der Waals surface area (Å²) in [6.45, 7) is 2.17. The summed E-state index contributed by atoms with van der Waals surface area (Å²) in [6, 6.07) is 3.59. The van der Waals surface area contributed by atoms with Crippen LogP contribution in [-0.2, 0) is 0 Å². The Morgan fingerprint density at radius 3 is 3.00 bits per heavy atom. The summed E-state index contributed by atoms with van der Waals surface area (Å²) in [5, 5.41) is 3.96. The molecule has 6 heteroatoms. The molecule has 0 bridgehead atoms. The molecule has 1 amide bonds. The minimum atomic E-state index is -0.533. The first-order chi connectivity index (χ1) is 9.11. The standard InChI is InChI=1S/C13H20N4OS/c1-2-19-11-5-3-4-9(11)16-13-8(14)6-7-10(17-13)12(15)18/h6-7,9,11H,2-5,14H2,1H3,(H2,15,18)(H,16,17). The van der Waals surface area contributed by atoms with Gasteiger partial charge in [-0.1, -0.05) is 13.3 Å². The van der Waals surface area contributed by atoms with Crippen molar-refractivity contribution in [3.8, 4) is 0 Å². The molecule has 1 aromatic heterocycles. The quantitative estimate of drug-likeness (QED) is 0.765. The Morgan fingerprint density at radius 2 is 2.32 bits per heavy atom. The summed E-state index contributed by atoms with van der Waals surface area (Å²) >= 11 is 1.96. The van der Waals surface area contributed by atoms with Crippen LogP contribution >= 0.6 is 11.8 Å². The lowest BCUT2D eigenvalue weighted by atomic mass is 10.2. The molecule has 1 aliphatic carbocycles. The molecule has 1 aliphatic rings. The van der Waals surface area contributed by atoms with E-state index in [1.807, 2.05) is 11.8 Å². The number of carbonyl (C=O) groups excluding carboxylic acids is 1. The predicted octanol–water partition coefficient (Wildman–Crippen LogP) is 1.85. The Labute approximate surface area is 117 Å². The molecule has 0 spiro atoms. The van der Waals surface area contributed by atoms with Gasteiger partial charge in [0, 0.05) is 11.3 Å². The van der Waals surface area contributed by atoms with Gasteiger partial charge >= 0.3 is 0 Å². The zero-order valence-corrected chi connectivity index (χ0v) is 11.9. The van der Waals surface area contributed by atoms with E-state index in [0.717, 1.165) is 12.2 Å². The lowest BCUT2D eigenvalue weighted by Crippen LogP contribution is -2.27. The second kappa shape index (κ2) is 6.14. The normalized spacial score (nSPS) is 22.4. The number of aromatic nitrogens is 1. The third-order valence-corrected chi connectivity index (χ3v) is 4.66. The number of pyridine rings is 1. The molecule has 5 nitrogen and oxygen atoms in total. The van der Waals surface area contributed by atoms with Crippen molar-refractivity contribution in [3.63, 3.8) is 0 Å². The average molecular weight is 280 g/mol. The second-order valence-corrected chi connectivity index (χ2v) is 6.19. The van der Waals surface area contributed by atoms with Crippen LogP contribution in [0.15, 0.2) is 12.1 Å². The van der Waals surface area contributed by atoms with Crippen LogP contribution in [0.2, 0.25) is 0 Å². The first-order valence-corrected chi connectivity index (χ1v) is 7.61. The Balaban J connectivity index is 2.13. The largest absolute Gasteiger partial charge is 0.396 e. The SMILES string of the molecule is CCSC1CCCC1Nc1nc(C(N)=O)ccc1N. The summed E-state index contributed by atoms with van der Waals surface area (Å²) < 4.78 is 0. The second-order valence-electron chi connectivity index (χ2n) is 4.67. The van der Waals surface area contributed by atoms with Gasteiger partial charge in [-0.25, -0.2) is 4.98 Å². The van der Waals surface area contributed by atoms with Crippen LogP contribution < -0.4 is 16.8 Å². The number of nitrogens with two attached hydrogens (primary N) is 2. The molecule has 2 unspecified atom stereocenters. The maximum absolute atomic E-state index is 11.2. The summed E-state index contributed by atoms with van der Waals surface area (Å²) in [6.07, 6.45) is 3.54. The van der Waals surface area contributed by atoms with Crippen molar-refractivity contribution in [3.05, 3.63) is 17.8 Å². The van der Waals surface area contributed by atoms with E-state index in [2.05, 4.69) is 17.2 Å². The third-order valence-electron chi connectivity index (χ3n) is 3.33. The summed E-state index contributed by atoms with van der Waals surface area (Å²) in [5.41, 5.74) is 11.9. The average Bonchev–Trinajstić information content (AvgIpc) is 2.80. The molecule has 1 saturated carbocycles. The molecule has 1 heterocycles. The molecule has 2 atom stereocenters. The molecule has 19 heavy (non-hydrogen) atoms. The van der Waals surface area contributed by atoms with Gasteiger partial charge in [0.1, 0.15) is 11.5 Å². The first kappa shape index (κ1) is 14.0. The van der Waals surface area contributed by atoms with Gasteiger partial charge in [0.2, 0.25) is 0 Å². The number of hydrogen-bond acceptors (Lipinski definition) is 5. The highest BCUT2D eigenvalue weighted by Crippen LogP contribution is 2.32. The number of carbonyl (C=O) groups is 1. The minimum Gasteiger partial charge on any atom is -0.396 e. The molecule has 2 rings (SSSR count). The van der Waals surface area contributed by atoms with Crippen molar-refractivity contribution >= 4 is 29.2 Å². The maximum atomic E-state index is 11.2. The van der Waals surface area contributed by atoms with E-state index < -0.39 is 5.91 Å². The van der Waals surface area contributed by atoms with Gasteiger partial charge in [-0.2, -0.15) is 11.8 Å². The van der Waals surface area contributed by atoms with Crippen molar-refractivity contribution in [2.75, 3.05) is 16.8 Å². The maximum Gasteiger partial charge on any atom is 0.267 e. The van der Waals surface area contributed by atoms with E-state index in [0.29, 0.717) is 22.8 Å². The van der Waals surface area contributed by atoms with Gasteiger partial charge in [-0.15, -0.1) is 0 Å². The highest BCUT2D eigenvalue weighted by atomic mass is 32.2. The highest BCUT2D eigenvalue weighted by molar-refractivity contribution is 7.99. The fraction of sp³-hybridized carbons (Fsp3) is 0.538. The van der Waals surface area contributed by atoms with Gasteiger partial charge in [-0.3, -0.25) is 4.79 Å². The molecule has 5 N–H and O–H groups in total. The fourth-order valence-electron chi connectivity index (χ4n) is 2.40. The molecular weight excluding hydrogens is 260 g/mol. The number of primary amides is 1. The van der Waals surface area contributed by atoms with Crippen LogP contribution in [0.3, 0.4) is 0 Å². The van der Waals surface area contributed by atoms with Crippen LogP contribution in [0.4, 0.5) is 11.5 Å². The molecule has 104 valence electrons.